The zero-order chi connectivity index (χ0) is 19.5. The number of hydrogen-bond acceptors (Lipinski definition) is 4. The number of rotatable bonds is 12. The van der Waals surface area contributed by atoms with Crippen molar-refractivity contribution in [2.24, 2.45) is 5.92 Å². The third-order valence-electron chi connectivity index (χ3n) is 4.70. The summed E-state index contributed by atoms with van der Waals surface area (Å²) in [5, 5.41) is 17.9. The number of carboxylic acids is 1. The maximum Gasteiger partial charge on any atom is 0.332 e. The molecule has 1 aromatic carbocycles. The number of carboxylic acid groups (broad SMARTS) is 1. The molecule has 0 bridgehead atoms. The molecule has 0 amide bonds. The maximum absolute atomic E-state index is 12.1. The van der Waals surface area contributed by atoms with Crippen LogP contribution in [0.2, 0.25) is 0 Å². The van der Waals surface area contributed by atoms with E-state index in [4.69, 9.17) is 9.84 Å². The van der Waals surface area contributed by atoms with Crippen molar-refractivity contribution in [3.8, 4) is 5.75 Å². The predicted octanol–water partition coefficient (Wildman–Crippen LogP) is 3.92. The molecule has 2 N–H and O–H groups in total. The van der Waals surface area contributed by atoms with Crippen molar-refractivity contribution in [2.45, 2.75) is 51.0 Å². The van der Waals surface area contributed by atoms with Gasteiger partial charge >= 0.3 is 5.97 Å². The van der Waals surface area contributed by atoms with Crippen LogP contribution in [0, 0.1) is 5.92 Å². The van der Waals surface area contributed by atoms with E-state index < -0.39 is 12.1 Å². The van der Waals surface area contributed by atoms with Gasteiger partial charge < -0.3 is 14.9 Å². The zero-order valence-electron chi connectivity index (χ0n) is 15.5. The maximum atomic E-state index is 12.1. The SMILES string of the molecule is O=C(O)C(O)CCC=CC[C@H]1C(=O)CC=C1CCCCOc1ccccc1. The Labute approximate surface area is 160 Å². The molecule has 0 saturated heterocycles. The molecule has 5 nitrogen and oxygen atoms in total. The summed E-state index contributed by atoms with van der Waals surface area (Å²) in [7, 11) is 0. The van der Waals surface area contributed by atoms with E-state index in [-0.39, 0.29) is 18.1 Å². The second kappa shape index (κ2) is 11.3. The lowest BCUT2D eigenvalue weighted by Gasteiger charge is -2.12. The molecule has 0 saturated carbocycles. The van der Waals surface area contributed by atoms with Gasteiger partial charge in [0.05, 0.1) is 6.61 Å². The van der Waals surface area contributed by atoms with Crippen LogP contribution < -0.4 is 4.74 Å². The lowest BCUT2D eigenvalue weighted by atomic mass is 9.93. The minimum atomic E-state index is -1.32. The first-order valence-corrected chi connectivity index (χ1v) is 9.53. The fourth-order valence-electron chi connectivity index (χ4n) is 3.15. The third-order valence-corrected chi connectivity index (χ3v) is 4.70. The molecular weight excluding hydrogens is 344 g/mol. The Hall–Kier alpha value is -2.40. The smallest absolute Gasteiger partial charge is 0.332 e. The molecule has 2 rings (SSSR count). The highest BCUT2D eigenvalue weighted by Gasteiger charge is 2.25. The van der Waals surface area contributed by atoms with E-state index in [0.29, 0.717) is 25.9 Å². The highest BCUT2D eigenvalue weighted by molar-refractivity contribution is 5.88. The number of para-hydroxylation sites is 1. The summed E-state index contributed by atoms with van der Waals surface area (Å²) in [6.45, 7) is 0.668. The molecule has 1 unspecified atom stereocenters. The van der Waals surface area contributed by atoms with Crippen LogP contribution in [0.4, 0.5) is 0 Å². The third kappa shape index (κ3) is 7.39. The number of ketones is 1. The summed E-state index contributed by atoms with van der Waals surface area (Å²) in [6.07, 6.45) is 9.16. The minimum absolute atomic E-state index is 0.0549. The molecule has 2 atom stereocenters. The molecule has 1 aliphatic carbocycles. The Bertz CT molecular complexity index is 663. The fraction of sp³-hybridized carbons (Fsp3) is 0.455. The van der Waals surface area contributed by atoms with Crippen molar-refractivity contribution in [1.82, 2.24) is 0 Å². The first kappa shape index (κ1) is 20.9. The van der Waals surface area contributed by atoms with E-state index in [1.807, 2.05) is 48.6 Å². The Morgan fingerprint density at radius 2 is 2.00 bits per heavy atom. The van der Waals surface area contributed by atoms with Gasteiger partial charge in [0, 0.05) is 12.3 Å². The molecule has 27 heavy (non-hydrogen) atoms. The number of unbranched alkanes of at least 4 members (excludes halogenated alkanes) is 1. The van der Waals surface area contributed by atoms with Gasteiger partial charge in [0.2, 0.25) is 0 Å². The number of benzene rings is 1. The lowest BCUT2D eigenvalue weighted by molar-refractivity contribution is -0.146. The summed E-state index contributed by atoms with van der Waals surface area (Å²) in [6, 6.07) is 9.74. The van der Waals surface area contributed by atoms with E-state index in [9.17, 15) is 14.7 Å². The van der Waals surface area contributed by atoms with Crippen LogP contribution in [0.15, 0.2) is 54.1 Å². The quantitative estimate of drug-likeness (QED) is 0.429. The van der Waals surface area contributed by atoms with E-state index in [1.54, 1.807) is 0 Å². The van der Waals surface area contributed by atoms with Gasteiger partial charge in [-0.3, -0.25) is 4.79 Å². The molecule has 0 spiro atoms. The van der Waals surface area contributed by atoms with E-state index in [1.165, 1.54) is 5.57 Å². The molecule has 1 aromatic rings. The topological polar surface area (TPSA) is 83.8 Å². The van der Waals surface area contributed by atoms with Crippen LogP contribution in [0.25, 0.3) is 0 Å². The summed E-state index contributed by atoms with van der Waals surface area (Å²) in [4.78, 5) is 22.6. The van der Waals surface area contributed by atoms with Gasteiger partial charge in [-0.15, -0.1) is 0 Å². The van der Waals surface area contributed by atoms with Crippen LogP contribution in [-0.2, 0) is 9.59 Å². The van der Waals surface area contributed by atoms with E-state index in [2.05, 4.69) is 0 Å². The molecule has 0 heterocycles. The van der Waals surface area contributed by atoms with Gasteiger partial charge in [0.15, 0.2) is 6.10 Å². The number of Topliss-reactive ketones (excluding diaryl/α,β-unsaturated/α-hetero) is 1. The Morgan fingerprint density at radius 3 is 2.74 bits per heavy atom. The van der Waals surface area contributed by atoms with Crippen molar-refractivity contribution in [3.63, 3.8) is 0 Å². The van der Waals surface area contributed by atoms with Gasteiger partial charge in [-0.1, -0.05) is 42.0 Å². The van der Waals surface area contributed by atoms with Gasteiger partial charge in [-0.2, -0.15) is 0 Å². The van der Waals surface area contributed by atoms with Crippen molar-refractivity contribution in [2.75, 3.05) is 6.61 Å². The van der Waals surface area contributed by atoms with Crippen LogP contribution >= 0.6 is 0 Å². The van der Waals surface area contributed by atoms with Crippen molar-refractivity contribution >= 4 is 11.8 Å². The molecule has 0 aliphatic heterocycles. The summed E-state index contributed by atoms with van der Waals surface area (Å²) in [5.41, 5.74) is 1.20. The number of aliphatic carboxylic acids is 1. The number of aliphatic hydroxyl groups is 1. The second-order valence-electron chi connectivity index (χ2n) is 6.76. The summed E-state index contributed by atoms with van der Waals surface area (Å²) < 4.78 is 5.69. The predicted molar refractivity (Wildman–Crippen MR) is 104 cm³/mol. The molecule has 5 heteroatoms. The average molecular weight is 372 g/mol. The summed E-state index contributed by atoms with van der Waals surface area (Å²) >= 11 is 0. The van der Waals surface area contributed by atoms with Crippen molar-refractivity contribution in [1.29, 1.82) is 0 Å². The van der Waals surface area contributed by atoms with E-state index >= 15 is 0 Å². The Morgan fingerprint density at radius 1 is 1.22 bits per heavy atom. The minimum Gasteiger partial charge on any atom is -0.494 e. The zero-order valence-corrected chi connectivity index (χ0v) is 15.5. The second-order valence-corrected chi connectivity index (χ2v) is 6.76. The standard InChI is InChI=1S/C22H28O5/c23-20-15-14-17(9-7-8-16-27-18-10-3-1-4-11-18)19(20)12-5-2-6-13-21(24)22(25)26/h1-5,10-11,14,19,21,24H,6-9,12-13,15-16H2,(H,25,26)/t19-,21?/m1/s1. The van der Waals surface area contributed by atoms with Crippen molar-refractivity contribution < 1.29 is 24.5 Å². The highest BCUT2D eigenvalue weighted by Crippen LogP contribution is 2.30. The van der Waals surface area contributed by atoms with Crippen molar-refractivity contribution in [3.05, 3.63) is 54.1 Å². The number of carbonyl (C=O) groups excluding carboxylic acids is 1. The number of aliphatic hydroxyl groups excluding tert-OH is 1. The molecular formula is C22H28O5. The van der Waals surface area contributed by atoms with Crippen LogP contribution in [0.5, 0.6) is 5.75 Å². The lowest BCUT2D eigenvalue weighted by Crippen LogP contribution is -2.18. The number of ether oxygens (including phenoxy) is 1. The molecule has 0 radical (unpaired) electrons. The Balaban J connectivity index is 1.65. The normalized spacial score (nSPS) is 17.9. The first-order valence-electron chi connectivity index (χ1n) is 9.53. The fourth-order valence-corrected chi connectivity index (χ4v) is 3.15. The van der Waals surface area contributed by atoms with E-state index in [0.717, 1.165) is 25.0 Å². The average Bonchev–Trinajstić information content (AvgIpc) is 3.01. The van der Waals surface area contributed by atoms with Gasteiger partial charge in [-0.05, 0) is 50.7 Å². The monoisotopic (exact) mass is 372 g/mol. The van der Waals surface area contributed by atoms with Crippen LogP contribution in [0.3, 0.4) is 0 Å². The molecule has 0 aromatic heterocycles. The Kier molecular flexibility index (Phi) is 8.78. The van der Waals surface area contributed by atoms with Crippen LogP contribution in [0.1, 0.15) is 44.9 Å². The van der Waals surface area contributed by atoms with Gasteiger partial charge in [0.1, 0.15) is 11.5 Å². The number of allylic oxidation sites excluding steroid dienone is 4. The molecule has 1 aliphatic rings. The number of carbonyl (C=O) groups is 2. The molecule has 0 fully saturated rings. The van der Waals surface area contributed by atoms with Gasteiger partial charge in [0.25, 0.3) is 0 Å². The number of hydrogen-bond donors (Lipinski definition) is 2. The van der Waals surface area contributed by atoms with Gasteiger partial charge in [-0.25, -0.2) is 4.79 Å². The van der Waals surface area contributed by atoms with Crippen LogP contribution in [-0.4, -0.2) is 34.7 Å². The first-order chi connectivity index (χ1) is 13.1. The highest BCUT2D eigenvalue weighted by atomic mass is 16.5. The molecule has 146 valence electrons. The summed E-state index contributed by atoms with van der Waals surface area (Å²) in [5.74, 6) is -0.124. The largest absolute Gasteiger partial charge is 0.494 e.